The number of amides is 2. The molecule has 0 saturated heterocycles. The van der Waals surface area contributed by atoms with Crippen molar-refractivity contribution in [3.05, 3.63) is 68.1 Å². The Bertz CT molecular complexity index is 899. The number of urea groups is 1. The molecule has 2 aromatic carbocycles. The molecule has 0 fully saturated rings. The van der Waals surface area contributed by atoms with Gasteiger partial charge in [0.2, 0.25) is 5.13 Å². The lowest BCUT2D eigenvalue weighted by Crippen LogP contribution is -2.19. The summed E-state index contributed by atoms with van der Waals surface area (Å²) in [5, 5.41) is 16.0. The topological polar surface area (TPSA) is 66.9 Å². The highest BCUT2D eigenvalue weighted by Gasteiger charge is 2.10. The van der Waals surface area contributed by atoms with Gasteiger partial charge in [0.1, 0.15) is 5.01 Å². The van der Waals surface area contributed by atoms with Crippen molar-refractivity contribution in [2.75, 3.05) is 10.6 Å². The number of hydrogen-bond acceptors (Lipinski definition) is 4. The third kappa shape index (κ3) is 5.06. The predicted molar refractivity (Wildman–Crippen MR) is 103 cm³/mol. The second kappa shape index (κ2) is 8.01. The average Bonchev–Trinajstić information content (AvgIpc) is 3.00. The predicted octanol–water partition coefficient (Wildman–Crippen LogP) is 5.73. The number of rotatable bonds is 4. The van der Waals surface area contributed by atoms with E-state index in [-0.39, 0.29) is 0 Å². The molecule has 0 radical (unpaired) electrons. The van der Waals surface area contributed by atoms with E-state index in [1.54, 1.807) is 18.2 Å². The van der Waals surface area contributed by atoms with Gasteiger partial charge in [0.25, 0.3) is 0 Å². The molecule has 0 aliphatic rings. The van der Waals surface area contributed by atoms with Crippen molar-refractivity contribution >= 4 is 63.0 Å². The number of nitrogens with zero attached hydrogens (tertiary/aromatic N) is 2. The molecular formula is C16H11Cl3N4OS. The summed E-state index contributed by atoms with van der Waals surface area (Å²) in [5.41, 5.74) is 1.59. The second-order valence-electron chi connectivity index (χ2n) is 5.01. The Morgan fingerprint density at radius 1 is 0.960 bits per heavy atom. The summed E-state index contributed by atoms with van der Waals surface area (Å²) >= 11 is 18.9. The van der Waals surface area contributed by atoms with Gasteiger partial charge in [-0.05, 0) is 35.9 Å². The molecule has 0 bridgehead atoms. The van der Waals surface area contributed by atoms with Gasteiger partial charge >= 0.3 is 6.03 Å². The monoisotopic (exact) mass is 412 g/mol. The number of aromatic nitrogens is 2. The number of nitrogens with one attached hydrogen (secondary N) is 2. The number of carbonyl (C=O) groups is 1. The van der Waals surface area contributed by atoms with E-state index >= 15 is 0 Å². The molecule has 1 heterocycles. The zero-order valence-corrected chi connectivity index (χ0v) is 15.7. The Labute approximate surface area is 162 Å². The smallest absolute Gasteiger partial charge is 0.308 e. The molecule has 25 heavy (non-hydrogen) atoms. The summed E-state index contributed by atoms with van der Waals surface area (Å²) in [6.07, 6.45) is 0.616. The van der Waals surface area contributed by atoms with Crippen LogP contribution in [0.15, 0.2) is 42.5 Å². The molecule has 2 N–H and O–H groups in total. The van der Waals surface area contributed by atoms with Crippen molar-refractivity contribution in [2.24, 2.45) is 0 Å². The largest absolute Gasteiger partial charge is 0.325 e. The summed E-state index contributed by atoms with van der Waals surface area (Å²) in [6, 6.07) is 11.9. The zero-order valence-electron chi connectivity index (χ0n) is 12.6. The molecule has 5 nitrogen and oxygen atoms in total. The Balaban J connectivity index is 1.59. The maximum Gasteiger partial charge on any atom is 0.325 e. The van der Waals surface area contributed by atoms with E-state index in [9.17, 15) is 4.79 Å². The number of anilines is 2. The second-order valence-corrected chi connectivity index (χ2v) is 7.33. The zero-order chi connectivity index (χ0) is 17.8. The summed E-state index contributed by atoms with van der Waals surface area (Å²) < 4.78 is 0. The van der Waals surface area contributed by atoms with Crippen molar-refractivity contribution < 1.29 is 4.79 Å². The standard InChI is InChI=1S/C16H11Cl3N4OS/c17-10-3-1-9(2-4-10)7-14-22-23-16(25-14)21-15(24)20-11-5-6-12(18)13(19)8-11/h1-6,8H,7H2,(H2,20,21,23,24). The first kappa shape index (κ1) is 17.9. The van der Waals surface area contributed by atoms with E-state index in [0.29, 0.717) is 32.3 Å². The third-order valence-electron chi connectivity index (χ3n) is 3.13. The van der Waals surface area contributed by atoms with Crippen LogP contribution in [0.3, 0.4) is 0 Å². The summed E-state index contributed by atoms with van der Waals surface area (Å²) in [5.74, 6) is 0. The fraction of sp³-hybridized carbons (Fsp3) is 0.0625. The van der Waals surface area contributed by atoms with E-state index in [2.05, 4.69) is 20.8 Å². The van der Waals surface area contributed by atoms with E-state index in [0.717, 1.165) is 10.6 Å². The van der Waals surface area contributed by atoms with Crippen LogP contribution < -0.4 is 10.6 Å². The van der Waals surface area contributed by atoms with Crippen LogP contribution in [0.1, 0.15) is 10.6 Å². The van der Waals surface area contributed by atoms with Crippen LogP contribution in [-0.4, -0.2) is 16.2 Å². The molecule has 0 unspecified atom stereocenters. The fourth-order valence-corrected chi connectivity index (χ4v) is 3.18. The summed E-state index contributed by atoms with van der Waals surface area (Å²) in [7, 11) is 0. The minimum atomic E-state index is -0.437. The SMILES string of the molecule is O=C(Nc1ccc(Cl)c(Cl)c1)Nc1nnc(Cc2ccc(Cl)cc2)s1. The van der Waals surface area contributed by atoms with Crippen LogP contribution in [0.4, 0.5) is 15.6 Å². The minimum absolute atomic E-state index is 0.362. The summed E-state index contributed by atoms with van der Waals surface area (Å²) in [4.78, 5) is 12.0. The maximum atomic E-state index is 12.0. The van der Waals surface area contributed by atoms with Crippen LogP contribution in [0, 0.1) is 0 Å². The molecular weight excluding hydrogens is 403 g/mol. The maximum absolute atomic E-state index is 12.0. The minimum Gasteiger partial charge on any atom is -0.308 e. The highest BCUT2D eigenvalue weighted by atomic mass is 35.5. The lowest BCUT2D eigenvalue weighted by atomic mass is 10.2. The highest BCUT2D eigenvalue weighted by Crippen LogP contribution is 2.25. The van der Waals surface area contributed by atoms with Crippen LogP contribution in [-0.2, 0) is 6.42 Å². The Morgan fingerprint density at radius 2 is 1.72 bits per heavy atom. The Kier molecular flexibility index (Phi) is 5.75. The van der Waals surface area contributed by atoms with E-state index in [1.165, 1.54) is 11.3 Å². The van der Waals surface area contributed by atoms with Crippen molar-refractivity contribution in [1.29, 1.82) is 0 Å². The van der Waals surface area contributed by atoms with E-state index < -0.39 is 6.03 Å². The van der Waals surface area contributed by atoms with Gasteiger partial charge in [0.15, 0.2) is 0 Å². The molecule has 1 aromatic heterocycles. The number of halogens is 3. The highest BCUT2D eigenvalue weighted by molar-refractivity contribution is 7.15. The van der Waals surface area contributed by atoms with Crippen molar-refractivity contribution in [2.45, 2.75) is 6.42 Å². The summed E-state index contributed by atoms with van der Waals surface area (Å²) in [6.45, 7) is 0. The van der Waals surface area contributed by atoms with Gasteiger partial charge in [-0.25, -0.2) is 4.79 Å². The lowest BCUT2D eigenvalue weighted by Gasteiger charge is -2.06. The van der Waals surface area contributed by atoms with Gasteiger partial charge in [-0.3, -0.25) is 5.32 Å². The first-order chi connectivity index (χ1) is 12.0. The Hall–Kier alpha value is -1.86. The van der Waals surface area contributed by atoms with Gasteiger partial charge in [0.05, 0.1) is 10.0 Å². The quantitative estimate of drug-likeness (QED) is 0.573. The molecule has 0 atom stereocenters. The van der Waals surface area contributed by atoms with Gasteiger partial charge in [-0.15, -0.1) is 10.2 Å². The molecule has 0 aliphatic heterocycles. The fourth-order valence-electron chi connectivity index (χ4n) is 1.99. The van der Waals surface area contributed by atoms with Crippen LogP contribution >= 0.6 is 46.1 Å². The molecule has 0 spiro atoms. The van der Waals surface area contributed by atoms with Crippen molar-refractivity contribution in [3.8, 4) is 0 Å². The molecule has 9 heteroatoms. The molecule has 3 aromatic rings. The number of carbonyl (C=O) groups excluding carboxylic acids is 1. The molecule has 128 valence electrons. The molecule has 0 saturated carbocycles. The Morgan fingerprint density at radius 3 is 2.44 bits per heavy atom. The van der Waals surface area contributed by atoms with E-state index in [4.69, 9.17) is 34.8 Å². The average molecular weight is 414 g/mol. The van der Waals surface area contributed by atoms with E-state index in [1.807, 2.05) is 24.3 Å². The van der Waals surface area contributed by atoms with Gasteiger partial charge in [0, 0.05) is 17.1 Å². The van der Waals surface area contributed by atoms with Crippen molar-refractivity contribution in [3.63, 3.8) is 0 Å². The third-order valence-corrected chi connectivity index (χ3v) is 4.96. The van der Waals surface area contributed by atoms with Gasteiger partial charge in [-0.1, -0.05) is 58.3 Å². The number of hydrogen-bond donors (Lipinski definition) is 2. The van der Waals surface area contributed by atoms with Gasteiger partial charge < -0.3 is 5.32 Å². The van der Waals surface area contributed by atoms with Gasteiger partial charge in [-0.2, -0.15) is 0 Å². The lowest BCUT2D eigenvalue weighted by molar-refractivity contribution is 0.262. The van der Waals surface area contributed by atoms with Crippen LogP contribution in [0.25, 0.3) is 0 Å². The molecule has 3 rings (SSSR count). The molecule has 0 aliphatic carbocycles. The van der Waals surface area contributed by atoms with Crippen LogP contribution in [0.5, 0.6) is 0 Å². The normalized spacial score (nSPS) is 10.5. The molecule has 2 amide bonds. The first-order valence-corrected chi connectivity index (χ1v) is 9.04. The first-order valence-electron chi connectivity index (χ1n) is 7.09. The number of benzene rings is 2. The van der Waals surface area contributed by atoms with Crippen molar-refractivity contribution in [1.82, 2.24) is 10.2 Å². The van der Waals surface area contributed by atoms with Crippen LogP contribution in [0.2, 0.25) is 15.1 Å².